The van der Waals surface area contributed by atoms with Crippen molar-refractivity contribution < 1.29 is 22.3 Å². The molecule has 0 radical (unpaired) electrons. The molecule has 31 heavy (non-hydrogen) atoms. The van der Waals surface area contributed by atoms with Crippen LogP contribution >= 0.6 is 0 Å². The minimum absolute atomic E-state index is 0.0672. The van der Waals surface area contributed by atoms with Gasteiger partial charge in [0, 0.05) is 26.2 Å². The molecule has 6 nitrogen and oxygen atoms in total. The van der Waals surface area contributed by atoms with E-state index in [1.165, 1.54) is 16.4 Å². The van der Waals surface area contributed by atoms with Crippen molar-refractivity contribution in [1.29, 1.82) is 0 Å². The number of amides is 1. The van der Waals surface area contributed by atoms with Gasteiger partial charge in [-0.15, -0.1) is 0 Å². The molecule has 1 saturated heterocycles. The number of ether oxygens (including phenoxy) is 1. The SMILES string of the molecule is O=C(c1cc(S(=O)(=O)N2CCOCC2)ccc1F)N(Cc1ccccc1)CC1CCC1. The summed E-state index contributed by atoms with van der Waals surface area (Å²) >= 11 is 0. The molecule has 0 N–H and O–H groups in total. The molecule has 1 heterocycles. The lowest BCUT2D eigenvalue weighted by Crippen LogP contribution is -2.41. The molecule has 0 spiro atoms. The van der Waals surface area contributed by atoms with E-state index in [0.717, 1.165) is 30.9 Å². The second-order valence-corrected chi connectivity index (χ2v) is 10.1. The zero-order chi connectivity index (χ0) is 21.8. The number of hydrogen-bond donors (Lipinski definition) is 0. The lowest BCUT2D eigenvalue weighted by atomic mass is 9.85. The first kappa shape index (κ1) is 21.9. The van der Waals surface area contributed by atoms with E-state index in [0.29, 0.717) is 32.2 Å². The van der Waals surface area contributed by atoms with Crippen LogP contribution < -0.4 is 0 Å². The van der Waals surface area contributed by atoms with Gasteiger partial charge in [-0.05, 0) is 42.5 Å². The van der Waals surface area contributed by atoms with Crippen LogP contribution in [0.3, 0.4) is 0 Å². The van der Waals surface area contributed by atoms with Gasteiger partial charge in [-0.1, -0.05) is 36.8 Å². The number of nitrogens with zero attached hydrogens (tertiary/aromatic N) is 2. The first-order chi connectivity index (χ1) is 14.9. The lowest BCUT2D eigenvalue weighted by Gasteiger charge is -2.33. The summed E-state index contributed by atoms with van der Waals surface area (Å²) in [5, 5.41) is 0. The second-order valence-electron chi connectivity index (χ2n) is 8.13. The number of halogens is 1. The predicted octanol–water partition coefficient (Wildman–Crippen LogP) is 3.29. The van der Waals surface area contributed by atoms with Gasteiger partial charge >= 0.3 is 0 Å². The molecule has 8 heteroatoms. The number of hydrogen-bond acceptors (Lipinski definition) is 4. The highest BCUT2D eigenvalue weighted by Gasteiger charge is 2.30. The third-order valence-electron chi connectivity index (χ3n) is 5.98. The van der Waals surface area contributed by atoms with E-state index in [1.54, 1.807) is 4.90 Å². The fraction of sp³-hybridized carbons (Fsp3) is 0.435. The molecule has 1 saturated carbocycles. The van der Waals surface area contributed by atoms with Gasteiger partial charge in [0.2, 0.25) is 10.0 Å². The van der Waals surface area contributed by atoms with Crippen molar-refractivity contribution in [2.75, 3.05) is 32.8 Å². The molecule has 0 bridgehead atoms. The predicted molar refractivity (Wildman–Crippen MR) is 115 cm³/mol. The Hall–Kier alpha value is -2.29. The van der Waals surface area contributed by atoms with E-state index in [4.69, 9.17) is 4.74 Å². The summed E-state index contributed by atoms with van der Waals surface area (Å²) in [5.74, 6) is -0.791. The molecule has 1 aliphatic carbocycles. The van der Waals surface area contributed by atoms with Crippen LogP contribution in [0, 0.1) is 11.7 Å². The Morgan fingerprint density at radius 1 is 1.10 bits per heavy atom. The summed E-state index contributed by atoms with van der Waals surface area (Å²) in [6.45, 7) is 2.01. The van der Waals surface area contributed by atoms with Crippen molar-refractivity contribution in [2.24, 2.45) is 5.92 Å². The average molecular weight is 447 g/mol. The Kier molecular flexibility index (Phi) is 6.69. The van der Waals surface area contributed by atoms with Gasteiger partial charge < -0.3 is 9.64 Å². The van der Waals surface area contributed by atoms with Crippen LogP contribution in [-0.4, -0.2) is 56.4 Å². The smallest absolute Gasteiger partial charge is 0.257 e. The molecule has 166 valence electrons. The maximum atomic E-state index is 14.7. The van der Waals surface area contributed by atoms with Crippen molar-refractivity contribution in [3.8, 4) is 0 Å². The number of rotatable bonds is 7. The van der Waals surface area contributed by atoms with Gasteiger partial charge in [0.15, 0.2) is 0 Å². The molecular formula is C23H27FN2O4S. The molecule has 0 atom stereocenters. The van der Waals surface area contributed by atoms with Crippen LogP contribution in [-0.2, 0) is 21.3 Å². The topological polar surface area (TPSA) is 66.9 Å². The second kappa shape index (κ2) is 9.46. The number of sulfonamides is 1. The minimum Gasteiger partial charge on any atom is -0.379 e. The minimum atomic E-state index is -3.82. The van der Waals surface area contributed by atoms with E-state index in [1.807, 2.05) is 30.3 Å². The lowest BCUT2D eigenvalue weighted by molar-refractivity contribution is 0.0674. The van der Waals surface area contributed by atoms with Crippen molar-refractivity contribution in [3.05, 3.63) is 65.5 Å². The van der Waals surface area contributed by atoms with E-state index in [9.17, 15) is 17.6 Å². The van der Waals surface area contributed by atoms with Gasteiger partial charge in [-0.2, -0.15) is 4.31 Å². The van der Waals surface area contributed by atoms with Crippen LogP contribution in [0.1, 0.15) is 35.2 Å². The Labute approximate surface area is 182 Å². The molecule has 1 amide bonds. The zero-order valence-corrected chi connectivity index (χ0v) is 18.2. The maximum absolute atomic E-state index is 14.7. The van der Waals surface area contributed by atoms with Gasteiger partial charge in [0.25, 0.3) is 5.91 Å². The molecule has 0 unspecified atom stereocenters. The van der Waals surface area contributed by atoms with Crippen molar-refractivity contribution in [1.82, 2.24) is 9.21 Å². The average Bonchev–Trinajstić information content (AvgIpc) is 2.76. The Morgan fingerprint density at radius 2 is 1.81 bits per heavy atom. The van der Waals surface area contributed by atoms with Crippen LogP contribution in [0.25, 0.3) is 0 Å². The summed E-state index contributed by atoms with van der Waals surface area (Å²) in [4.78, 5) is 14.9. The van der Waals surface area contributed by atoms with E-state index in [2.05, 4.69) is 0 Å². The molecule has 2 aliphatic rings. The van der Waals surface area contributed by atoms with Gasteiger partial charge in [-0.25, -0.2) is 12.8 Å². The van der Waals surface area contributed by atoms with Crippen molar-refractivity contribution >= 4 is 15.9 Å². The van der Waals surface area contributed by atoms with Gasteiger partial charge in [0.1, 0.15) is 5.82 Å². The highest BCUT2D eigenvalue weighted by atomic mass is 32.2. The summed E-state index contributed by atoms with van der Waals surface area (Å²) in [7, 11) is -3.82. The van der Waals surface area contributed by atoms with Crippen molar-refractivity contribution in [2.45, 2.75) is 30.7 Å². The normalized spacial score (nSPS) is 17.8. The van der Waals surface area contributed by atoms with Crippen LogP contribution in [0.15, 0.2) is 53.4 Å². The fourth-order valence-electron chi connectivity index (χ4n) is 3.95. The highest BCUT2D eigenvalue weighted by Crippen LogP contribution is 2.29. The highest BCUT2D eigenvalue weighted by molar-refractivity contribution is 7.89. The third kappa shape index (κ3) is 4.97. The summed E-state index contributed by atoms with van der Waals surface area (Å²) in [6.07, 6.45) is 3.23. The molecular weight excluding hydrogens is 419 g/mol. The van der Waals surface area contributed by atoms with Crippen LogP contribution in [0.2, 0.25) is 0 Å². The number of carbonyl (C=O) groups is 1. The fourth-order valence-corrected chi connectivity index (χ4v) is 5.38. The summed E-state index contributed by atoms with van der Waals surface area (Å²) in [5.41, 5.74) is 0.747. The molecule has 2 aromatic carbocycles. The maximum Gasteiger partial charge on any atom is 0.257 e. The van der Waals surface area contributed by atoms with Gasteiger partial charge in [-0.3, -0.25) is 4.79 Å². The van der Waals surface area contributed by atoms with Gasteiger partial charge in [0.05, 0.1) is 23.7 Å². The Balaban J connectivity index is 1.62. The van der Waals surface area contributed by atoms with E-state index in [-0.39, 0.29) is 23.5 Å². The number of morpholine rings is 1. The molecule has 0 aromatic heterocycles. The summed E-state index contributed by atoms with van der Waals surface area (Å²) < 4.78 is 47.2. The van der Waals surface area contributed by atoms with Crippen LogP contribution in [0.4, 0.5) is 4.39 Å². The molecule has 4 rings (SSSR count). The van der Waals surface area contributed by atoms with E-state index >= 15 is 0 Å². The third-order valence-corrected chi connectivity index (χ3v) is 7.88. The molecule has 2 aromatic rings. The first-order valence-corrected chi connectivity index (χ1v) is 12.1. The Bertz CT molecular complexity index is 1020. The summed E-state index contributed by atoms with van der Waals surface area (Å²) in [6, 6.07) is 13.0. The molecule has 2 fully saturated rings. The quantitative estimate of drug-likeness (QED) is 0.655. The van der Waals surface area contributed by atoms with E-state index < -0.39 is 21.7 Å². The molecule has 1 aliphatic heterocycles. The standard InChI is InChI=1S/C23H27FN2O4S/c24-22-10-9-20(31(28,29)26-11-13-30-14-12-26)15-21(22)23(27)25(17-19-7-4-8-19)16-18-5-2-1-3-6-18/h1-3,5-6,9-10,15,19H,4,7-8,11-14,16-17H2. The number of benzene rings is 2. The van der Waals surface area contributed by atoms with Crippen LogP contribution in [0.5, 0.6) is 0 Å². The zero-order valence-electron chi connectivity index (χ0n) is 17.4. The monoisotopic (exact) mass is 446 g/mol. The largest absolute Gasteiger partial charge is 0.379 e. The number of carbonyl (C=O) groups excluding carboxylic acids is 1. The first-order valence-electron chi connectivity index (χ1n) is 10.7. The Morgan fingerprint density at radius 3 is 2.45 bits per heavy atom. The van der Waals surface area contributed by atoms with Crippen molar-refractivity contribution in [3.63, 3.8) is 0 Å².